The fourth-order valence-electron chi connectivity index (χ4n) is 2.78. The fourth-order valence-corrected chi connectivity index (χ4v) is 2.78. The lowest BCUT2D eigenvalue weighted by Gasteiger charge is -2.23. The summed E-state index contributed by atoms with van der Waals surface area (Å²) in [5.74, 6) is 0.335. The second kappa shape index (κ2) is 7.43. The zero-order valence-electron chi connectivity index (χ0n) is 13.1. The van der Waals surface area contributed by atoms with Gasteiger partial charge >= 0.3 is 0 Å². The molecule has 21 heavy (non-hydrogen) atoms. The van der Waals surface area contributed by atoms with Crippen molar-refractivity contribution in [2.24, 2.45) is 5.92 Å². The molecular formula is C17H26N2O2. The van der Waals surface area contributed by atoms with E-state index in [1.807, 2.05) is 12.2 Å². The van der Waals surface area contributed by atoms with E-state index in [0.717, 1.165) is 49.7 Å². The molecule has 0 radical (unpaired) electrons. The van der Waals surface area contributed by atoms with Crippen LogP contribution in [-0.2, 0) is 9.59 Å². The summed E-state index contributed by atoms with van der Waals surface area (Å²) in [5.41, 5.74) is 1.79. The maximum atomic E-state index is 12.2. The highest BCUT2D eigenvalue weighted by Crippen LogP contribution is 2.19. The molecular weight excluding hydrogens is 264 g/mol. The number of carbonyl (C=O) groups excluding carboxylic acids is 2. The van der Waals surface area contributed by atoms with Gasteiger partial charge in [-0.25, -0.2) is 0 Å². The van der Waals surface area contributed by atoms with E-state index in [4.69, 9.17) is 0 Å². The molecule has 0 fully saturated rings. The smallest absolute Gasteiger partial charge is 0.247 e. The predicted octanol–water partition coefficient (Wildman–Crippen LogP) is 2.46. The van der Waals surface area contributed by atoms with E-state index >= 15 is 0 Å². The van der Waals surface area contributed by atoms with Crippen molar-refractivity contribution < 1.29 is 9.59 Å². The van der Waals surface area contributed by atoms with Crippen molar-refractivity contribution in [3.63, 3.8) is 0 Å². The van der Waals surface area contributed by atoms with Gasteiger partial charge in [0.2, 0.25) is 11.8 Å². The van der Waals surface area contributed by atoms with Crippen LogP contribution in [0.25, 0.3) is 0 Å². The van der Waals surface area contributed by atoms with Crippen molar-refractivity contribution in [2.75, 3.05) is 6.54 Å². The molecule has 2 amide bonds. The average molecular weight is 290 g/mol. The molecule has 0 aromatic rings. The molecule has 0 saturated heterocycles. The van der Waals surface area contributed by atoms with Crippen LogP contribution in [-0.4, -0.2) is 24.4 Å². The first-order chi connectivity index (χ1) is 10.1. The molecule has 4 heteroatoms. The molecule has 0 heterocycles. The molecule has 1 atom stereocenters. The highest BCUT2D eigenvalue weighted by Gasteiger charge is 2.21. The van der Waals surface area contributed by atoms with Crippen molar-refractivity contribution in [1.82, 2.24) is 10.6 Å². The van der Waals surface area contributed by atoms with Gasteiger partial charge in [-0.15, -0.1) is 0 Å². The first-order valence-corrected chi connectivity index (χ1v) is 8.05. The van der Waals surface area contributed by atoms with Crippen LogP contribution in [0.3, 0.4) is 0 Å². The Bertz CT molecular complexity index is 463. The summed E-state index contributed by atoms with van der Waals surface area (Å²) >= 11 is 0. The van der Waals surface area contributed by atoms with Gasteiger partial charge in [-0.05, 0) is 44.4 Å². The Balaban J connectivity index is 1.84. The molecule has 2 aliphatic rings. The molecule has 116 valence electrons. The molecule has 0 saturated carbocycles. The zero-order chi connectivity index (χ0) is 15.2. The molecule has 2 aliphatic carbocycles. The average Bonchev–Trinajstić information content (AvgIpc) is 3.14. The van der Waals surface area contributed by atoms with Gasteiger partial charge in [-0.1, -0.05) is 26.0 Å². The number of hydrogen-bond acceptors (Lipinski definition) is 2. The first-order valence-electron chi connectivity index (χ1n) is 8.05. The van der Waals surface area contributed by atoms with Gasteiger partial charge in [-0.2, -0.15) is 0 Å². The minimum Gasteiger partial charge on any atom is -0.350 e. The second-order valence-corrected chi connectivity index (χ2v) is 6.28. The van der Waals surface area contributed by atoms with Gasteiger partial charge in [0, 0.05) is 23.7 Å². The van der Waals surface area contributed by atoms with E-state index in [2.05, 4.69) is 24.5 Å². The Labute approximate surface area is 127 Å². The van der Waals surface area contributed by atoms with Gasteiger partial charge in [0.05, 0.1) is 0 Å². The fraction of sp³-hybridized carbons (Fsp3) is 0.647. The van der Waals surface area contributed by atoms with Crippen LogP contribution in [0.4, 0.5) is 0 Å². The van der Waals surface area contributed by atoms with Gasteiger partial charge in [-0.3, -0.25) is 9.59 Å². The standard InChI is InChI=1S/C17H26N2O2/c1-12(2)15(19-17(21)14-9-5-6-10-14)11-18-16(20)13-7-3-4-8-13/h7,9,12,15H,3-6,8,10-11H2,1-2H3,(H,18,20)(H,19,21)/t15-/m0/s1. The summed E-state index contributed by atoms with van der Waals surface area (Å²) in [6, 6.07) is -0.0232. The summed E-state index contributed by atoms with van der Waals surface area (Å²) in [4.78, 5) is 24.2. The van der Waals surface area contributed by atoms with E-state index < -0.39 is 0 Å². The lowest BCUT2D eigenvalue weighted by atomic mass is 10.0. The number of amides is 2. The normalized spacial score (nSPS) is 19.2. The molecule has 0 spiro atoms. The third-order valence-electron chi connectivity index (χ3n) is 4.27. The van der Waals surface area contributed by atoms with Crippen LogP contribution >= 0.6 is 0 Å². The lowest BCUT2D eigenvalue weighted by Crippen LogP contribution is -2.47. The number of rotatable bonds is 6. The predicted molar refractivity (Wildman–Crippen MR) is 83.6 cm³/mol. The van der Waals surface area contributed by atoms with Crippen LogP contribution < -0.4 is 10.6 Å². The SMILES string of the molecule is CC(C)[C@H](CNC(=O)C1=CCCC1)NC(=O)C1=CCCC1. The largest absolute Gasteiger partial charge is 0.350 e. The van der Waals surface area contributed by atoms with E-state index in [9.17, 15) is 9.59 Å². The lowest BCUT2D eigenvalue weighted by molar-refractivity contribution is -0.120. The second-order valence-electron chi connectivity index (χ2n) is 6.28. The molecule has 0 aromatic heterocycles. The van der Waals surface area contributed by atoms with Crippen LogP contribution in [0.15, 0.2) is 23.3 Å². The third-order valence-corrected chi connectivity index (χ3v) is 4.27. The van der Waals surface area contributed by atoms with Crippen molar-refractivity contribution in [1.29, 1.82) is 0 Å². The Morgan fingerprint density at radius 3 is 2.10 bits per heavy atom. The van der Waals surface area contributed by atoms with E-state index in [1.54, 1.807) is 0 Å². The van der Waals surface area contributed by atoms with Gasteiger partial charge in [0.25, 0.3) is 0 Å². The quantitative estimate of drug-likeness (QED) is 0.789. The van der Waals surface area contributed by atoms with Gasteiger partial charge < -0.3 is 10.6 Å². The molecule has 4 nitrogen and oxygen atoms in total. The van der Waals surface area contributed by atoms with Crippen LogP contribution in [0.1, 0.15) is 52.4 Å². The highest BCUT2D eigenvalue weighted by molar-refractivity contribution is 5.95. The van der Waals surface area contributed by atoms with Gasteiger partial charge in [0.1, 0.15) is 0 Å². The number of hydrogen-bond donors (Lipinski definition) is 2. The topological polar surface area (TPSA) is 58.2 Å². The molecule has 2 N–H and O–H groups in total. The summed E-state index contributed by atoms with van der Waals surface area (Å²) in [5, 5.41) is 6.02. The van der Waals surface area contributed by atoms with Crippen LogP contribution in [0.2, 0.25) is 0 Å². The molecule has 0 unspecified atom stereocenters. The summed E-state index contributed by atoms with van der Waals surface area (Å²) in [7, 11) is 0. The van der Waals surface area contributed by atoms with E-state index in [1.165, 1.54) is 0 Å². The Morgan fingerprint density at radius 2 is 1.62 bits per heavy atom. The Kier molecular flexibility index (Phi) is 5.59. The molecule has 0 aliphatic heterocycles. The van der Waals surface area contributed by atoms with Gasteiger partial charge in [0.15, 0.2) is 0 Å². The minimum absolute atomic E-state index is 0.0208. The minimum atomic E-state index is -0.0232. The monoisotopic (exact) mass is 290 g/mol. The number of nitrogens with one attached hydrogen (secondary N) is 2. The zero-order valence-corrected chi connectivity index (χ0v) is 13.1. The Morgan fingerprint density at radius 1 is 1.05 bits per heavy atom. The summed E-state index contributed by atoms with van der Waals surface area (Å²) in [6.07, 6.45) is 9.92. The van der Waals surface area contributed by atoms with E-state index in [0.29, 0.717) is 6.54 Å². The summed E-state index contributed by atoms with van der Waals surface area (Å²) in [6.45, 7) is 4.62. The maximum Gasteiger partial charge on any atom is 0.247 e. The third kappa shape index (κ3) is 4.45. The number of carbonyl (C=O) groups is 2. The van der Waals surface area contributed by atoms with E-state index in [-0.39, 0.29) is 23.8 Å². The molecule has 0 bridgehead atoms. The van der Waals surface area contributed by atoms with Crippen LogP contribution in [0.5, 0.6) is 0 Å². The van der Waals surface area contributed by atoms with Crippen molar-refractivity contribution >= 4 is 11.8 Å². The van der Waals surface area contributed by atoms with Crippen molar-refractivity contribution in [2.45, 2.75) is 58.4 Å². The summed E-state index contributed by atoms with van der Waals surface area (Å²) < 4.78 is 0. The van der Waals surface area contributed by atoms with Crippen molar-refractivity contribution in [3.05, 3.63) is 23.3 Å². The maximum absolute atomic E-state index is 12.2. The van der Waals surface area contributed by atoms with Crippen LogP contribution in [0, 0.1) is 5.92 Å². The first kappa shape index (κ1) is 15.8. The Hall–Kier alpha value is -1.58. The molecule has 2 rings (SSSR count). The number of allylic oxidation sites excluding steroid dienone is 2. The molecule has 0 aromatic carbocycles. The van der Waals surface area contributed by atoms with Crippen molar-refractivity contribution in [3.8, 4) is 0 Å². The highest BCUT2D eigenvalue weighted by atomic mass is 16.2.